The van der Waals surface area contributed by atoms with Gasteiger partial charge in [-0.3, -0.25) is 4.79 Å². The summed E-state index contributed by atoms with van der Waals surface area (Å²) in [6.07, 6.45) is 1.38. The molecule has 2 aliphatic heterocycles. The first kappa shape index (κ1) is 27.2. The number of rotatable bonds is 7. The molecule has 0 saturated carbocycles. The molecule has 2 saturated heterocycles. The van der Waals surface area contributed by atoms with Gasteiger partial charge in [0.2, 0.25) is 15.9 Å². The lowest BCUT2D eigenvalue weighted by Gasteiger charge is -2.42. The fourth-order valence-corrected chi connectivity index (χ4v) is 6.64. The number of carbonyl (C=O) groups is 1. The number of hydrogen-bond donors (Lipinski definition) is 0. The van der Waals surface area contributed by atoms with Gasteiger partial charge in [-0.1, -0.05) is 29.3 Å². The number of sulfonamides is 1. The molecule has 0 aromatic heterocycles. The molecule has 0 radical (unpaired) electrons. The smallest absolute Gasteiger partial charge is 0.243 e. The van der Waals surface area contributed by atoms with Crippen molar-refractivity contribution in [3.8, 4) is 5.75 Å². The lowest BCUT2D eigenvalue weighted by Crippen LogP contribution is -2.51. The average molecular weight is 555 g/mol. The molecule has 0 spiro atoms. The summed E-state index contributed by atoms with van der Waals surface area (Å²) in [6.45, 7) is 5.99. The Morgan fingerprint density at radius 1 is 1.00 bits per heavy atom. The van der Waals surface area contributed by atoms with E-state index in [9.17, 15) is 13.2 Å². The van der Waals surface area contributed by atoms with Gasteiger partial charge in [0.05, 0.1) is 11.5 Å². The highest BCUT2D eigenvalue weighted by molar-refractivity contribution is 7.89. The molecule has 2 heterocycles. The third kappa shape index (κ3) is 6.34. The van der Waals surface area contributed by atoms with E-state index in [1.54, 1.807) is 24.3 Å². The van der Waals surface area contributed by atoms with Crippen LogP contribution < -0.4 is 4.74 Å². The summed E-state index contributed by atoms with van der Waals surface area (Å²) in [6, 6.07) is 11.8. The summed E-state index contributed by atoms with van der Waals surface area (Å²) in [5.74, 6) is 0.794. The minimum absolute atomic E-state index is 0.102. The van der Waals surface area contributed by atoms with Gasteiger partial charge in [0.25, 0.3) is 0 Å². The van der Waals surface area contributed by atoms with Crippen molar-refractivity contribution in [1.29, 1.82) is 0 Å². The monoisotopic (exact) mass is 553 g/mol. The van der Waals surface area contributed by atoms with Crippen molar-refractivity contribution in [2.45, 2.75) is 31.1 Å². The molecule has 0 atom stereocenters. The van der Waals surface area contributed by atoms with Gasteiger partial charge in [-0.2, -0.15) is 4.31 Å². The van der Waals surface area contributed by atoms with Gasteiger partial charge in [0.1, 0.15) is 5.75 Å². The molecule has 10 heteroatoms. The van der Waals surface area contributed by atoms with Crippen LogP contribution in [-0.2, 0) is 14.8 Å². The van der Waals surface area contributed by atoms with E-state index in [2.05, 4.69) is 11.9 Å². The SMILES string of the molecule is Cc1cc(OCC2(CC(=O)N3CCN(C)CC3)CCN(S(=O)(=O)c3cccc(Cl)c3)CC2)ccc1Cl. The van der Waals surface area contributed by atoms with Crippen LogP contribution in [-0.4, -0.2) is 81.4 Å². The molecule has 0 unspecified atom stereocenters. The zero-order chi connectivity index (χ0) is 25.9. The highest BCUT2D eigenvalue weighted by Gasteiger charge is 2.42. The number of carbonyl (C=O) groups excluding carboxylic acids is 1. The molecule has 4 rings (SSSR count). The molecule has 36 heavy (non-hydrogen) atoms. The maximum absolute atomic E-state index is 13.3. The van der Waals surface area contributed by atoms with Crippen LogP contribution in [0.4, 0.5) is 0 Å². The minimum Gasteiger partial charge on any atom is -0.493 e. The Labute approximate surface area is 224 Å². The van der Waals surface area contributed by atoms with Crippen LogP contribution in [0.5, 0.6) is 5.75 Å². The van der Waals surface area contributed by atoms with Crippen LogP contribution in [0.3, 0.4) is 0 Å². The molecule has 196 valence electrons. The van der Waals surface area contributed by atoms with E-state index in [0.29, 0.717) is 67.8 Å². The van der Waals surface area contributed by atoms with Gasteiger partial charge in [0, 0.05) is 61.1 Å². The Morgan fingerprint density at radius 3 is 2.33 bits per heavy atom. The number of piperidine rings is 1. The van der Waals surface area contributed by atoms with E-state index in [4.69, 9.17) is 27.9 Å². The second-order valence-electron chi connectivity index (χ2n) is 9.92. The highest BCUT2D eigenvalue weighted by Crippen LogP contribution is 2.38. The first-order chi connectivity index (χ1) is 17.1. The molecule has 0 bridgehead atoms. The molecule has 2 aliphatic rings. The lowest BCUT2D eigenvalue weighted by molar-refractivity contribution is -0.136. The van der Waals surface area contributed by atoms with Crippen LogP contribution >= 0.6 is 23.2 Å². The van der Waals surface area contributed by atoms with Crippen molar-refractivity contribution in [3.63, 3.8) is 0 Å². The van der Waals surface area contributed by atoms with Crippen LogP contribution in [0.15, 0.2) is 47.4 Å². The molecular formula is C26H33Cl2N3O4S. The zero-order valence-corrected chi connectivity index (χ0v) is 23.1. The number of benzene rings is 2. The largest absolute Gasteiger partial charge is 0.493 e. The predicted octanol–water partition coefficient (Wildman–Crippen LogP) is 4.32. The van der Waals surface area contributed by atoms with Crippen LogP contribution in [0.1, 0.15) is 24.8 Å². The van der Waals surface area contributed by atoms with Gasteiger partial charge in [-0.25, -0.2) is 8.42 Å². The van der Waals surface area contributed by atoms with Gasteiger partial charge in [0.15, 0.2) is 0 Å². The van der Waals surface area contributed by atoms with E-state index in [1.807, 2.05) is 24.0 Å². The third-order valence-corrected chi connectivity index (χ3v) is 9.83. The van der Waals surface area contributed by atoms with E-state index >= 15 is 0 Å². The third-order valence-electron chi connectivity index (χ3n) is 7.27. The van der Waals surface area contributed by atoms with Gasteiger partial charge < -0.3 is 14.5 Å². The Hall–Kier alpha value is -1.84. The maximum atomic E-state index is 13.3. The summed E-state index contributed by atoms with van der Waals surface area (Å²) in [7, 11) is -1.62. The summed E-state index contributed by atoms with van der Waals surface area (Å²) < 4.78 is 34.2. The van der Waals surface area contributed by atoms with Gasteiger partial charge in [-0.05, 0) is 68.8 Å². The number of likely N-dealkylation sites (N-methyl/N-ethyl adjacent to an activating group) is 1. The molecule has 7 nitrogen and oxygen atoms in total. The summed E-state index contributed by atoms with van der Waals surface area (Å²) in [5.41, 5.74) is 0.452. The number of amides is 1. The molecule has 2 aromatic rings. The fourth-order valence-electron chi connectivity index (χ4n) is 4.78. The average Bonchev–Trinajstić information content (AvgIpc) is 2.85. The normalized spacial score (nSPS) is 19.3. The highest BCUT2D eigenvalue weighted by atomic mass is 35.5. The topological polar surface area (TPSA) is 70.2 Å². The molecule has 0 aliphatic carbocycles. The standard InChI is InChI=1S/C26H33Cl2N3O4S/c1-20-16-22(6-7-24(20)28)35-19-26(18-25(32)30-14-12-29(2)13-15-30)8-10-31(11-9-26)36(33,34)23-5-3-4-21(27)17-23/h3-7,16-17H,8-15,18-19H2,1-2H3. The summed E-state index contributed by atoms with van der Waals surface area (Å²) >= 11 is 12.2. The lowest BCUT2D eigenvalue weighted by atomic mass is 9.76. The molecule has 2 fully saturated rings. The van der Waals surface area contributed by atoms with Crippen molar-refractivity contribution >= 4 is 39.1 Å². The molecule has 2 aromatic carbocycles. The number of nitrogens with zero attached hydrogens (tertiary/aromatic N) is 3. The second-order valence-corrected chi connectivity index (χ2v) is 12.7. The van der Waals surface area contributed by atoms with Gasteiger partial charge in [-0.15, -0.1) is 0 Å². The van der Waals surface area contributed by atoms with Crippen LogP contribution in [0, 0.1) is 12.3 Å². The van der Waals surface area contributed by atoms with E-state index in [0.717, 1.165) is 18.7 Å². The number of piperazine rings is 1. The first-order valence-corrected chi connectivity index (χ1v) is 14.4. The molecule has 1 amide bonds. The number of halogens is 2. The maximum Gasteiger partial charge on any atom is 0.243 e. The van der Waals surface area contributed by atoms with Crippen LogP contribution in [0.2, 0.25) is 10.0 Å². The Kier molecular flexibility index (Phi) is 8.52. The fraction of sp³-hybridized carbons (Fsp3) is 0.500. The molecule has 0 N–H and O–H groups in total. The van der Waals surface area contributed by atoms with E-state index in [-0.39, 0.29) is 10.8 Å². The van der Waals surface area contributed by atoms with Crippen molar-refractivity contribution in [1.82, 2.24) is 14.1 Å². The predicted molar refractivity (Wildman–Crippen MR) is 142 cm³/mol. The van der Waals surface area contributed by atoms with E-state index in [1.165, 1.54) is 10.4 Å². The first-order valence-electron chi connectivity index (χ1n) is 12.2. The van der Waals surface area contributed by atoms with Crippen molar-refractivity contribution in [2.75, 3.05) is 52.9 Å². The van der Waals surface area contributed by atoms with Gasteiger partial charge >= 0.3 is 0 Å². The quantitative estimate of drug-likeness (QED) is 0.510. The Morgan fingerprint density at radius 2 is 1.69 bits per heavy atom. The Bertz CT molecular complexity index is 1190. The van der Waals surface area contributed by atoms with Crippen molar-refractivity contribution in [2.24, 2.45) is 5.41 Å². The van der Waals surface area contributed by atoms with Crippen LogP contribution in [0.25, 0.3) is 0 Å². The molecular weight excluding hydrogens is 521 g/mol. The number of ether oxygens (including phenoxy) is 1. The second kappa shape index (κ2) is 11.3. The number of aryl methyl sites for hydroxylation is 1. The Balaban J connectivity index is 1.50. The summed E-state index contributed by atoms with van der Waals surface area (Å²) in [4.78, 5) is 17.6. The zero-order valence-electron chi connectivity index (χ0n) is 20.8. The minimum atomic E-state index is -3.67. The van der Waals surface area contributed by atoms with Crippen molar-refractivity contribution < 1.29 is 17.9 Å². The summed E-state index contributed by atoms with van der Waals surface area (Å²) in [5, 5.41) is 1.05. The van der Waals surface area contributed by atoms with Crippen molar-refractivity contribution in [3.05, 3.63) is 58.1 Å². The number of hydrogen-bond acceptors (Lipinski definition) is 5. The van der Waals surface area contributed by atoms with E-state index < -0.39 is 15.4 Å².